The Morgan fingerprint density at radius 1 is 1.06 bits per heavy atom. The van der Waals surface area contributed by atoms with E-state index in [1.165, 1.54) is 6.08 Å². The van der Waals surface area contributed by atoms with E-state index >= 15 is 0 Å². The molecule has 174 valence electrons. The number of carbonyl (C=O) groups excluding carboxylic acids is 1. The molecule has 0 unspecified atom stereocenters. The fraction of sp³-hybridized carbons (Fsp3) is 0.185. The van der Waals surface area contributed by atoms with Gasteiger partial charge in [0.2, 0.25) is 0 Å². The fourth-order valence-electron chi connectivity index (χ4n) is 3.28. The van der Waals surface area contributed by atoms with Crippen LogP contribution in [0.25, 0.3) is 6.08 Å². The second-order valence-electron chi connectivity index (χ2n) is 7.58. The Labute approximate surface area is 209 Å². The van der Waals surface area contributed by atoms with Crippen molar-refractivity contribution in [2.24, 2.45) is 0 Å². The number of nitrogens with one attached hydrogen (secondary N) is 1. The van der Waals surface area contributed by atoms with Crippen LogP contribution in [-0.4, -0.2) is 12.5 Å². The number of nitriles is 1. The van der Waals surface area contributed by atoms with Gasteiger partial charge in [0.05, 0.1) is 11.6 Å². The van der Waals surface area contributed by atoms with E-state index < -0.39 is 5.91 Å². The van der Waals surface area contributed by atoms with Crippen molar-refractivity contribution in [3.8, 4) is 17.6 Å². The van der Waals surface area contributed by atoms with Gasteiger partial charge in [0, 0.05) is 10.7 Å². The maximum Gasteiger partial charge on any atom is 0.266 e. The van der Waals surface area contributed by atoms with Crippen LogP contribution in [0.1, 0.15) is 29.2 Å². The standard InChI is InChI=1S/C27H24Cl2N2O3/c1-4-33-25-14-20(13-23(29)26(25)34-16-19-8-5-7-17(2)11-19)12-21(15-30)27(32)31-24-10-6-9-22(28)18(24)3/h5-14H,4,16H2,1-3H3,(H,31,32)/b21-12+. The van der Waals surface area contributed by atoms with Crippen LogP contribution in [-0.2, 0) is 11.4 Å². The van der Waals surface area contributed by atoms with Crippen molar-refractivity contribution in [1.29, 1.82) is 5.26 Å². The molecule has 0 aliphatic carbocycles. The smallest absolute Gasteiger partial charge is 0.266 e. The molecule has 1 amide bonds. The Morgan fingerprint density at radius 2 is 1.82 bits per heavy atom. The number of rotatable bonds is 8. The molecule has 1 N–H and O–H groups in total. The van der Waals surface area contributed by atoms with Crippen LogP contribution < -0.4 is 14.8 Å². The topological polar surface area (TPSA) is 71.3 Å². The van der Waals surface area contributed by atoms with Crippen LogP contribution in [0.15, 0.2) is 60.2 Å². The molecule has 0 spiro atoms. The van der Waals surface area contributed by atoms with E-state index in [-0.39, 0.29) is 5.57 Å². The van der Waals surface area contributed by atoms with E-state index in [4.69, 9.17) is 32.7 Å². The molecule has 0 aliphatic rings. The molecule has 0 bridgehead atoms. The van der Waals surface area contributed by atoms with Gasteiger partial charge >= 0.3 is 0 Å². The Balaban J connectivity index is 1.86. The van der Waals surface area contributed by atoms with Crippen LogP contribution in [0, 0.1) is 25.2 Å². The summed E-state index contributed by atoms with van der Waals surface area (Å²) in [7, 11) is 0. The number of hydrogen-bond acceptors (Lipinski definition) is 4. The molecule has 0 saturated heterocycles. The average Bonchev–Trinajstić information content (AvgIpc) is 2.80. The van der Waals surface area contributed by atoms with Crippen molar-refractivity contribution in [2.45, 2.75) is 27.4 Å². The molecule has 3 aromatic carbocycles. The number of hydrogen-bond donors (Lipinski definition) is 1. The fourth-order valence-corrected chi connectivity index (χ4v) is 3.73. The molecule has 0 heterocycles. The molecule has 34 heavy (non-hydrogen) atoms. The Kier molecular flexibility index (Phi) is 8.59. The van der Waals surface area contributed by atoms with Gasteiger partial charge in [-0.2, -0.15) is 5.26 Å². The summed E-state index contributed by atoms with van der Waals surface area (Å²) in [6, 6.07) is 18.4. The lowest BCUT2D eigenvalue weighted by atomic mass is 10.1. The monoisotopic (exact) mass is 494 g/mol. The maximum atomic E-state index is 12.7. The van der Waals surface area contributed by atoms with Crippen LogP contribution in [0.2, 0.25) is 10.0 Å². The Morgan fingerprint density at radius 3 is 2.53 bits per heavy atom. The summed E-state index contributed by atoms with van der Waals surface area (Å²) in [6.45, 7) is 6.37. The van der Waals surface area contributed by atoms with Crippen LogP contribution in [0.4, 0.5) is 5.69 Å². The summed E-state index contributed by atoms with van der Waals surface area (Å²) in [5.74, 6) is 0.277. The number of anilines is 1. The molecule has 7 heteroatoms. The highest BCUT2D eigenvalue weighted by Gasteiger charge is 2.16. The number of nitrogens with zero attached hydrogens (tertiary/aromatic N) is 1. The first-order valence-electron chi connectivity index (χ1n) is 10.6. The van der Waals surface area contributed by atoms with Crippen LogP contribution >= 0.6 is 23.2 Å². The van der Waals surface area contributed by atoms with Gasteiger partial charge in [-0.15, -0.1) is 0 Å². The molecule has 0 aromatic heterocycles. The SMILES string of the molecule is CCOc1cc(/C=C(\C#N)C(=O)Nc2cccc(Cl)c2C)cc(Cl)c1OCc1cccc(C)c1. The summed E-state index contributed by atoms with van der Waals surface area (Å²) in [5.41, 5.74) is 3.82. The Bertz CT molecular complexity index is 1280. The largest absolute Gasteiger partial charge is 0.490 e. The summed E-state index contributed by atoms with van der Waals surface area (Å²) >= 11 is 12.6. The van der Waals surface area contributed by atoms with Gasteiger partial charge in [-0.3, -0.25) is 4.79 Å². The predicted octanol–water partition coefficient (Wildman–Crippen LogP) is 7.13. The number of amides is 1. The highest BCUT2D eigenvalue weighted by Crippen LogP contribution is 2.38. The van der Waals surface area contributed by atoms with Gasteiger partial charge in [-0.25, -0.2) is 0 Å². The molecule has 0 aliphatic heterocycles. The average molecular weight is 495 g/mol. The van der Waals surface area contributed by atoms with Gasteiger partial charge in [-0.05, 0) is 67.8 Å². The molecule has 3 rings (SSSR count). The second-order valence-corrected chi connectivity index (χ2v) is 8.39. The van der Waals surface area contributed by atoms with Crippen molar-refractivity contribution in [1.82, 2.24) is 0 Å². The predicted molar refractivity (Wildman–Crippen MR) is 137 cm³/mol. The van der Waals surface area contributed by atoms with Crippen molar-refractivity contribution >= 4 is 40.9 Å². The van der Waals surface area contributed by atoms with Crippen molar-refractivity contribution in [3.63, 3.8) is 0 Å². The molecule has 0 saturated carbocycles. The summed E-state index contributed by atoms with van der Waals surface area (Å²) < 4.78 is 11.7. The van der Waals surface area contributed by atoms with Gasteiger partial charge in [0.15, 0.2) is 11.5 Å². The minimum absolute atomic E-state index is 0.0914. The zero-order valence-electron chi connectivity index (χ0n) is 19.1. The van der Waals surface area contributed by atoms with Crippen molar-refractivity contribution in [3.05, 3.63) is 92.5 Å². The molecule has 0 radical (unpaired) electrons. The minimum Gasteiger partial charge on any atom is -0.490 e. The van der Waals surface area contributed by atoms with Crippen molar-refractivity contribution < 1.29 is 14.3 Å². The zero-order valence-corrected chi connectivity index (χ0v) is 20.6. The van der Waals surface area contributed by atoms with E-state index in [0.29, 0.717) is 51.6 Å². The highest BCUT2D eigenvalue weighted by molar-refractivity contribution is 6.32. The molecular weight excluding hydrogens is 471 g/mol. The number of aryl methyl sites for hydroxylation is 1. The second kappa shape index (κ2) is 11.6. The maximum absolute atomic E-state index is 12.7. The summed E-state index contributed by atoms with van der Waals surface area (Å²) in [4.78, 5) is 12.7. The van der Waals surface area contributed by atoms with Gasteiger partial charge in [-0.1, -0.05) is 59.1 Å². The van der Waals surface area contributed by atoms with E-state index in [9.17, 15) is 10.1 Å². The zero-order chi connectivity index (χ0) is 24.7. The lowest BCUT2D eigenvalue weighted by Gasteiger charge is -2.15. The third-order valence-corrected chi connectivity index (χ3v) is 5.68. The van der Waals surface area contributed by atoms with E-state index in [1.807, 2.05) is 44.2 Å². The third-order valence-electron chi connectivity index (χ3n) is 4.99. The molecule has 0 fully saturated rings. The first-order chi connectivity index (χ1) is 16.3. The first-order valence-corrected chi connectivity index (χ1v) is 11.4. The van der Waals surface area contributed by atoms with Gasteiger partial charge in [0.1, 0.15) is 18.2 Å². The first kappa shape index (κ1) is 25.2. The molecule has 0 atom stereocenters. The lowest BCUT2D eigenvalue weighted by Crippen LogP contribution is -2.14. The highest BCUT2D eigenvalue weighted by atomic mass is 35.5. The number of benzene rings is 3. The van der Waals surface area contributed by atoms with E-state index in [2.05, 4.69) is 5.32 Å². The minimum atomic E-state index is -0.554. The quantitative estimate of drug-likeness (QED) is 0.267. The summed E-state index contributed by atoms with van der Waals surface area (Å²) in [5, 5.41) is 13.2. The lowest BCUT2D eigenvalue weighted by molar-refractivity contribution is -0.112. The van der Waals surface area contributed by atoms with E-state index in [0.717, 1.165) is 11.1 Å². The number of halogens is 2. The molecule has 3 aromatic rings. The Hall–Kier alpha value is -3.46. The van der Waals surface area contributed by atoms with Gasteiger partial charge in [0.25, 0.3) is 5.91 Å². The van der Waals surface area contributed by atoms with Gasteiger partial charge < -0.3 is 14.8 Å². The van der Waals surface area contributed by atoms with E-state index in [1.54, 1.807) is 37.3 Å². The number of carbonyl (C=O) groups is 1. The van der Waals surface area contributed by atoms with Crippen molar-refractivity contribution in [2.75, 3.05) is 11.9 Å². The molecule has 5 nitrogen and oxygen atoms in total. The number of ether oxygens (including phenoxy) is 2. The van der Waals surface area contributed by atoms with Crippen LogP contribution in [0.3, 0.4) is 0 Å². The molecular formula is C27H24Cl2N2O3. The normalized spacial score (nSPS) is 11.0. The summed E-state index contributed by atoms with van der Waals surface area (Å²) in [6.07, 6.45) is 1.45. The van der Waals surface area contributed by atoms with Crippen LogP contribution in [0.5, 0.6) is 11.5 Å². The third kappa shape index (κ3) is 6.32.